The fraction of sp³-hybridized carbons (Fsp3) is 0.308. The van der Waals surface area contributed by atoms with E-state index in [1.54, 1.807) is 24.5 Å². The fourth-order valence-corrected chi connectivity index (χ4v) is 2.25. The molecule has 0 atom stereocenters. The lowest BCUT2D eigenvalue weighted by Gasteiger charge is -2.05. The zero-order valence-corrected chi connectivity index (χ0v) is 11.9. The number of aromatic nitrogens is 3. The Balaban J connectivity index is 2.27. The molecule has 2 rings (SSSR count). The monoisotopic (exact) mass is 307 g/mol. The third-order valence-corrected chi connectivity index (χ3v) is 3.81. The molecule has 2 aromatic heterocycles. The Labute approximate surface area is 114 Å². The first-order chi connectivity index (χ1) is 8.63. The van der Waals surface area contributed by atoms with Gasteiger partial charge in [0, 0.05) is 24.5 Å². The molecular formula is C13H14BrN3O. The first kappa shape index (κ1) is 13.0. The molecule has 0 spiro atoms. The summed E-state index contributed by atoms with van der Waals surface area (Å²) >= 11 is 3.49. The van der Waals surface area contributed by atoms with E-state index in [0.717, 1.165) is 22.4 Å². The first-order valence-corrected chi connectivity index (χ1v) is 6.57. The number of hydrogen-bond acceptors (Lipinski definition) is 3. The van der Waals surface area contributed by atoms with Gasteiger partial charge in [0.1, 0.15) is 0 Å². The number of halogens is 1. The molecule has 2 heterocycles. The van der Waals surface area contributed by atoms with Crippen LogP contribution in [0, 0.1) is 6.92 Å². The van der Waals surface area contributed by atoms with E-state index in [0.29, 0.717) is 12.0 Å². The van der Waals surface area contributed by atoms with Crippen LogP contribution >= 0.6 is 15.9 Å². The van der Waals surface area contributed by atoms with Crippen LogP contribution in [-0.2, 0) is 13.0 Å². The maximum atomic E-state index is 12.2. The van der Waals surface area contributed by atoms with Crippen LogP contribution in [-0.4, -0.2) is 20.5 Å². The second-order valence-corrected chi connectivity index (χ2v) is 4.79. The smallest absolute Gasteiger partial charge is 0.168 e. The number of aryl methyl sites for hydroxylation is 2. The standard InChI is InChI=1S/C13H14BrN3O/c1-3-17-11(13(14)9(2)16-17)8-12(18)10-4-6-15-7-5-10/h4-7H,3,8H2,1-2H3. The van der Waals surface area contributed by atoms with Crippen molar-refractivity contribution >= 4 is 21.7 Å². The molecule has 0 aliphatic heterocycles. The number of nitrogens with zero attached hydrogens (tertiary/aromatic N) is 3. The van der Waals surface area contributed by atoms with Crippen molar-refractivity contribution in [2.45, 2.75) is 26.8 Å². The Morgan fingerprint density at radius 1 is 1.39 bits per heavy atom. The van der Waals surface area contributed by atoms with Crippen molar-refractivity contribution in [1.82, 2.24) is 14.8 Å². The van der Waals surface area contributed by atoms with Crippen LogP contribution in [0.4, 0.5) is 0 Å². The van der Waals surface area contributed by atoms with Gasteiger partial charge in [-0.1, -0.05) is 0 Å². The van der Waals surface area contributed by atoms with Crippen LogP contribution in [0.15, 0.2) is 29.0 Å². The maximum absolute atomic E-state index is 12.2. The van der Waals surface area contributed by atoms with Gasteiger partial charge < -0.3 is 0 Å². The molecule has 0 bridgehead atoms. The Morgan fingerprint density at radius 3 is 2.67 bits per heavy atom. The molecule has 18 heavy (non-hydrogen) atoms. The van der Waals surface area contributed by atoms with Crippen LogP contribution in [0.1, 0.15) is 28.7 Å². The normalized spacial score (nSPS) is 10.6. The van der Waals surface area contributed by atoms with Gasteiger partial charge in [0.15, 0.2) is 5.78 Å². The van der Waals surface area contributed by atoms with Crippen LogP contribution in [0.2, 0.25) is 0 Å². The summed E-state index contributed by atoms with van der Waals surface area (Å²) in [6.07, 6.45) is 3.61. The van der Waals surface area contributed by atoms with E-state index in [-0.39, 0.29) is 5.78 Å². The van der Waals surface area contributed by atoms with E-state index in [9.17, 15) is 4.79 Å². The van der Waals surface area contributed by atoms with Crippen molar-refractivity contribution in [3.8, 4) is 0 Å². The molecular weight excluding hydrogens is 294 g/mol. The van der Waals surface area contributed by atoms with Crippen molar-refractivity contribution in [2.24, 2.45) is 0 Å². The summed E-state index contributed by atoms with van der Waals surface area (Å²) in [7, 11) is 0. The predicted molar refractivity (Wildman–Crippen MR) is 72.6 cm³/mol. The van der Waals surface area contributed by atoms with Gasteiger partial charge in [0.05, 0.1) is 22.3 Å². The fourth-order valence-electron chi connectivity index (χ4n) is 1.83. The summed E-state index contributed by atoms with van der Waals surface area (Å²) in [5.41, 5.74) is 2.52. The van der Waals surface area contributed by atoms with Crippen molar-refractivity contribution in [3.05, 3.63) is 46.0 Å². The number of ketones is 1. The number of pyridine rings is 1. The van der Waals surface area contributed by atoms with Crippen LogP contribution < -0.4 is 0 Å². The second kappa shape index (κ2) is 5.44. The largest absolute Gasteiger partial charge is 0.294 e. The molecule has 0 N–H and O–H groups in total. The zero-order chi connectivity index (χ0) is 13.1. The van der Waals surface area contributed by atoms with Gasteiger partial charge in [-0.2, -0.15) is 5.10 Å². The van der Waals surface area contributed by atoms with Gasteiger partial charge in [-0.25, -0.2) is 0 Å². The minimum absolute atomic E-state index is 0.0766. The van der Waals surface area contributed by atoms with Crippen molar-refractivity contribution in [1.29, 1.82) is 0 Å². The molecule has 94 valence electrons. The summed E-state index contributed by atoms with van der Waals surface area (Å²) in [6, 6.07) is 3.46. The number of carbonyl (C=O) groups excluding carboxylic acids is 1. The summed E-state index contributed by atoms with van der Waals surface area (Å²) in [4.78, 5) is 16.1. The maximum Gasteiger partial charge on any atom is 0.168 e. The first-order valence-electron chi connectivity index (χ1n) is 5.78. The highest BCUT2D eigenvalue weighted by atomic mass is 79.9. The minimum Gasteiger partial charge on any atom is -0.294 e. The van der Waals surface area contributed by atoms with Gasteiger partial charge in [0.2, 0.25) is 0 Å². The van der Waals surface area contributed by atoms with E-state index in [1.165, 1.54) is 0 Å². The van der Waals surface area contributed by atoms with Gasteiger partial charge in [-0.15, -0.1) is 0 Å². The molecule has 2 aromatic rings. The number of rotatable bonds is 4. The molecule has 0 saturated heterocycles. The van der Waals surface area contributed by atoms with Gasteiger partial charge in [-0.3, -0.25) is 14.5 Å². The number of Topliss-reactive ketones (excluding diaryl/α,β-unsaturated/α-hetero) is 1. The Kier molecular flexibility index (Phi) is 3.91. The van der Waals surface area contributed by atoms with E-state index in [2.05, 4.69) is 26.0 Å². The van der Waals surface area contributed by atoms with E-state index < -0.39 is 0 Å². The summed E-state index contributed by atoms with van der Waals surface area (Å²) in [6.45, 7) is 4.70. The lowest BCUT2D eigenvalue weighted by atomic mass is 10.1. The molecule has 0 fully saturated rings. The van der Waals surface area contributed by atoms with Crippen LogP contribution in [0.5, 0.6) is 0 Å². The number of hydrogen-bond donors (Lipinski definition) is 0. The van der Waals surface area contributed by atoms with Crippen molar-refractivity contribution in [2.75, 3.05) is 0 Å². The average molecular weight is 308 g/mol. The minimum atomic E-state index is 0.0766. The van der Waals surface area contributed by atoms with Crippen LogP contribution in [0.25, 0.3) is 0 Å². The van der Waals surface area contributed by atoms with E-state index in [1.807, 2.05) is 18.5 Å². The summed E-state index contributed by atoms with van der Waals surface area (Å²) in [5, 5.41) is 4.38. The Hall–Kier alpha value is -1.49. The quantitative estimate of drug-likeness (QED) is 0.816. The Bertz CT molecular complexity index is 563. The Morgan fingerprint density at radius 2 is 2.06 bits per heavy atom. The second-order valence-electron chi connectivity index (χ2n) is 4.00. The molecule has 0 amide bonds. The SMILES string of the molecule is CCn1nc(C)c(Br)c1CC(=O)c1ccncc1. The molecule has 0 saturated carbocycles. The van der Waals surface area contributed by atoms with Gasteiger partial charge in [0.25, 0.3) is 0 Å². The summed E-state index contributed by atoms with van der Waals surface area (Å²) in [5.74, 6) is 0.0766. The molecule has 4 nitrogen and oxygen atoms in total. The lowest BCUT2D eigenvalue weighted by molar-refractivity contribution is 0.0990. The molecule has 0 aliphatic carbocycles. The van der Waals surface area contributed by atoms with Gasteiger partial charge in [-0.05, 0) is 41.9 Å². The highest BCUT2D eigenvalue weighted by Gasteiger charge is 2.16. The van der Waals surface area contributed by atoms with E-state index in [4.69, 9.17) is 0 Å². The third kappa shape index (κ3) is 2.51. The third-order valence-electron chi connectivity index (χ3n) is 2.78. The van der Waals surface area contributed by atoms with E-state index >= 15 is 0 Å². The number of carbonyl (C=O) groups is 1. The molecule has 0 aliphatic rings. The highest BCUT2D eigenvalue weighted by Crippen LogP contribution is 2.22. The van der Waals surface area contributed by atoms with Crippen molar-refractivity contribution < 1.29 is 4.79 Å². The van der Waals surface area contributed by atoms with Crippen LogP contribution in [0.3, 0.4) is 0 Å². The summed E-state index contributed by atoms with van der Waals surface area (Å²) < 4.78 is 2.78. The average Bonchev–Trinajstić information content (AvgIpc) is 2.67. The predicted octanol–water partition coefficient (Wildman–Crippen LogP) is 2.79. The van der Waals surface area contributed by atoms with Crippen molar-refractivity contribution in [3.63, 3.8) is 0 Å². The lowest BCUT2D eigenvalue weighted by Crippen LogP contribution is -2.10. The molecule has 0 unspecified atom stereocenters. The topological polar surface area (TPSA) is 47.8 Å². The highest BCUT2D eigenvalue weighted by molar-refractivity contribution is 9.10. The zero-order valence-electron chi connectivity index (χ0n) is 10.4. The van der Waals surface area contributed by atoms with Gasteiger partial charge >= 0.3 is 0 Å². The molecule has 0 aromatic carbocycles. The molecule has 5 heteroatoms. The molecule has 0 radical (unpaired) electrons.